The number of rotatable bonds is 3. The van der Waals surface area contributed by atoms with Gasteiger partial charge in [-0.1, -0.05) is 0 Å². The molecule has 14 heavy (non-hydrogen) atoms. The number of carbonyl (C=O) groups excluding carboxylic acids is 1. The number of nitrogens with one attached hydrogen (secondary N) is 2. The average Bonchev–Trinajstić information content (AvgIpc) is 2.15. The molecule has 1 atom stereocenters. The van der Waals surface area contributed by atoms with Gasteiger partial charge in [0.15, 0.2) is 0 Å². The fourth-order valence-corrected chi connectivity index (χ4v) is 1.52. The summed E-state index contributed by atoms with van der Waals surface area (Å²) in [7, 11) is 0. The highest BCUT2D eigenvalue weighted by Gasteiger charge is 2.14. The van der Waals surface area contributed by atoms with Crippen LogP contribution in [0.2, 0.25) is 0 Å². The van der Waals surface area contributed by atoms with Crippen LogP contribution in [-0.2, 0) is 4.74 Å². The van der Waals surface area contributed by atoms with Gasteiger partial charge in [-0.3, -0.25) is 0 Å². The van der Waals surface area contributed by atoms with E-state index in [1.54, 1.807) is 0 Å². The Hall–Kier alpha value is -0.770. The molecule has 0 aromatic heterocycles. The zero-order valence-electron chi connectivity index (χ0n) is 9.01. The summed E-state index contributed by atoms with van der Waals surface area (Å²) in [6.07, 6.45) is 2.26. The number of ether oxygens (including phenoxy) is 1. The van der Waals surface area contributed by atoms with E-state index in [1.165, 1.54) is 0 Å². The van der Waals surface area contributed by atoms with Gasteiger partial charge in [0, 0.05) is 19.2 Å². The van der Waals surface area contributed by atoms with E-state index in [1.807, 2.05) is 13.8 Å². The first-order chi connectivity index (χ1) is 6.68. The van der Waals surface area contributed by atoms with Gasteiger partial charge in [0.05, 0.1) is 6.61 Å². The first-order valence-electron chi connectivity index (χ1n) is 5.30. The van der Waals surface area contributed by atoms with Gasteiger partial charge in [0.25, 0.3) is 0 Å². The summed E-state index contributed by atoms with van der Waals surface area (Å²) >= 11 is 0. The molecular weight excluding hydrogens is 180 g/mol. The van der Waals surface area contributed by atoms with E-state index >= 15 is 0 Å². The standard InChI is InChI=1S/C10H20N2O2/c1-8(2)12-10(13)11-6-9-4-3-5-14-7-9/h8-9H,3-7H2,1-2H3,(H2,11,12,13). The summed E-state index contributed by atoms with van der Waals surface area (Å²) in [5.74, 6) is 0.488. The molecule has 82 valence electrons. The van der Waals surface area contributed by atoms with Crippen LogP contribution in [0, 0.1) is 5.92 Å². The highest BCUT2D eigenvalue weighted by Crippen LogP contribution is 2.11. The van der Waals surface area contributed by atoms with Gasteiger partial charge in [-0.25, -0.2) is 4.79 Å². The van der Waals surface area contributed by atoms with Crippen molar-refractivity contribution in [2.45, 2.75) is 32.7 Å². The minimum Gasteiger partial charge on any atom is -0.381 e. The third-order valence-corrected chi connectivity index (χ3v) is 2.23. The van der Waals surface area contributed by atoms with Crippen LogP contribution in [0.1, 0.15) is 26.7 Å². The fourth-order valence-electron chi connectivity index (χ4n) is 1.52. The molecule has 4 nitrogen and oxygen atoms in total. The second-order valence-electron chi connectivity index (χ2n) is 4.09. The molecule has 1 aliphatic rings. The third-order valence-electron chi connectivity index (χ3n) is 2.23. The molecule has 0 aliphatic carbocycles. The van der Waals surface area contributed by atoms with E-state index in [4.69, 9.17) is 4.74 Å². The van der Waals surface area contributed by atoms with Gasteiger partial charge in [-0.15, -0.1) is 0 Å². The predicted molar refractivity (Wildman–Crippen MR) is 55.2 cm³/mol. The third kappa shape index (κ3) is 4.46. The Bertz CT molecular complexity index is 177. The molecule has 1 aliphatic heterocycles. The van der Waals surface area contributed by atoms with Crippen molar-refractivity contribution in [2.75, 3.05) is 19.8 Å². The molecule has 4 heteroatoms. The van der Waals surface area contributed by atoms with Crippen molar-refractivity contribution in [1.82, 2.24) is 10.6 Å². The predicted octanol–water partition coefficient (Wildman–Crippen LogP) is 1.12. The molecule has 1 saturated heterocycles. The summed E-state index contributed by atoms with van der Waals surface area (Å²) in [6.45, 7) is 6.27. The van der Waals surface area contributed by atoms with Crippen LogP contribution in [-0.4, -0.2) is 31.8 Å². The van der Waals surface area contributed by atoms with Crippen LogP contribution >= 0.6 is 0 Å². The van der Waals surface area contributed by atoms with E-state index in [0.29, 0.717) is 5.92 Å². The maximum atomic E-state index is 11.2. The fraction of sp³-hybridized carbons (Fsp3) is 0.900. The van der Waals surface area contributed by atoms with Crippen molar-refractivity contribution in [1.29, 1.82) is 0 Å². The summed E-state index contributed by atoms with van der Waals surface area (Å²) in [6, 6.07) is 0.114. The molecule has 0 saturated carbocycles. The maximum Gasteiger partial charge on any atom is 0.314 e. The van der Waals surface area contributed by atoms with Gasteiger partial charge in [0.2, 0.25) is 0 Å². The molecule has 1 rings (SSSR count). The molecule has 0 radical (unpaired) electrons. The molecule has 1 unspecified atom stereocenters. The Morgan fingerprint density at radius 1 is 1.57 bits per heavy atom. The van der Waals surface area contributed by atoms with Gasteiger partial charge in [0.1, 0.15) is 0 Å². The highest BCUT2D eigenvalue weighted by atomic mass is 16.5. The largest absolute Gasteiger partial charge is 0.381 e. The minimum atomic E-state index is -0.0782. The minimum absolute atomic E-state index is 0.0782. The van der Waals surface area contributed by atoms with E-state index in [-0.39, 0.29) is 12.1 Å². The Balaban J connectivity index is 2.09. The average molecular weight is 200 g/mol. The lowest BCUT2D eigenvalue weighted by molar-refractivity contribution is 0.0557. The Morgan fingerprint density at radius 2 is 2.36 bits per heavy atom. The van der Waals surface area contributed by atoms with Crippen molar-refractivity contribution in [3.63, 3.8) is 0 Å². The van der Waals surface area contributed by atoms with Gasteiger partial charge in [-0.2, -0.15) is 0 Å². The summed E-state index contributed by atoms with van der Waals surface area (Å²) in [5, 5.41) is 5.65. The van der Waals surface area contributed by atoms with E-state index < -0.39 is 0 Å². The van der Waals surface area contributed by atoms with Gasteiger partial charge in [-0.05, 0) is 32.6 Å². The molecule has 2 N–H and O–H groups in total. The number of carbonyl (C=O) groups is 1. The zero-order valence-corrected chi connectivity index (χ0v) is 9.01. The lowest BCUT2D eigenvalue weighted by Gasteiger charge is -2.22. The quantitative estimate of drug-likeness (QED) is 0.717. The SMILES string of the molecule is CC(C)NC(=O)NCC1CCCOC1. The normalized spacial score (nSPS) is 22.1. The van der Waals surface area contributed by atoms with Crippen molar-refractivity contribution < 1.29 is 9.53 Å². The van der Waals surface area contributed by atoms with Gasteiger partial charge >= 0.3 is 6.03 Å². The summed E-state index contributed by atoms with van der Waals surface area (Å²) in [4.78, 5) is 11.2. The van der Waals surface area contributed by atoms with E-state index in [9.17, 15) is 4.79 Å². The Kier molecular flexibility index (Phi) is 4.73. The van der Waals surface area contributed by atoms with Crippen LogP contribution in [0.4, 0.5) is 4.79 Å². The second kappa shape index (κ2) is 5.86. The number of hydrogen-bond acceptors (Lipinski definition) is 2. The molecule has 0 aromatic carbocycles. The number of hydrogen-bond donors (Lipinski definition) is 2. The van der Waals surface area contributed by atoms with Crippen LogP contribution < -0.4 is 10.6 Å². The maximum absolute atomic E-state index is 11.2. The second-order valence-corrected chi connectivity index (χ2v) is 4.09. The number of amides is 2. The van der Waals surface area contributed by atoms with Crippen LogP contribution in [0.3, 0.4) is 0 Å². The van der Waals surface area contributed by atoms with E-state index in [0.717, 1.165) is 32.6 Å². The molecule has 1 heterocycles. The van der Waals surface area contributed by atoms with Crippen molar-refractivity contribution in [3.8, 4) is 0 Å². The number of urea groups is 1. The lowest BCUT2D eigenvalue weighted by Crippen LogP contribution is -2.42. The topological polar surface area (TPSA) is 50.4 Å². The molecule has 2 amide bonds. The van der Waals surface area contributed by atoms with E-state index in [2.05, 4.69) is 10.6 Å². The highest BCUT2D eigenvalue weighted by molar-refractivity contribution is 5.74. The van der Waals surface area contributed by atoms with Crippen molar-refractivity contribution >= 4 is 6.03 Å². The van der Waals surface area contributed by atoms with Crippen LogP contribution in [0.15, 0.2) is 0 Å². The smallest absolute Gasteiger partial charge is 0.314 e. The molecule has 0 spiro atoms. The van der Waals surface area contributed by atoms with Crippen LogP contribution in [0.25, 0.3) is 0 Å². The Labute approximate surface area is 85.4 Å². The van der Waals surface area contributed by atoms with Crippen LogP contribution in [0.5, 0.6) is 0 Å². The van der Waals surface area contributed by atoms with Crippen molar-refractivity contribution in [2.24, 2.45) is 5.92 Å². The summed E-state index contributed by atoms with van der Waals surface area (Å²) < 4.78 is 5.32. The van der Waals surface area contributed by atoms with Gasteiger partial charge < -0.3 is 15.4 Å². The first kappa shape index (κ1) is 11.3. The Morgan fingerprint density at radius 3 is 2.93 bits per heavy atom. The zero-order chi connectivity index (χ0) is 10.4. The lowest BCUT2D eigenvalue weighted by atomic mass is 10.0. The molecule has 1 fully saturated rings. The molecule has 0 aromatic rings. The molecular formula is C10H20N2O2. The van der Waals surface area contributed by atoms with Crippen molar-refractivity contribution in [3.05, 3.63) is 0 Å². The monoisotopic (exact) mass is 200 g/mol. The molecule has 0 bridgehead atoms. The first-order valence-corrected chi connectivity index (χ1v) is 5.30. The summed E-state index contributed by atoms with van der Waals surface area (Å²) in [5.41, 5.74) is 0.